The van der Waals surface area contributed by atoms with Crippen molar-refractivity contribution in [2.24, 2.45) is 0 Å². The highest BCUT2D eigenvalue weighted by molar-refractivity contribution is 7.80. The van der Waals surface area contributed by atoms with Gasteiger partial charge in [0.05, 0.1) is 0 Å². The molecule has 1 amide bonds. The van der Waals surface area contributed by atoms with Crippen LogP contribution in [0.4, 0.5) is 5.69 Å². The fourth-order valence-electron chi connectivity index (χ4n) is 2.68. The molecule has 0 aliphatic carbocycles. The van der Waals surface area contributed by atoms with Gasteiger partial charge < -0.3 is 10.4 Å². The molecule has 3 rings (SSSR count). The van der Waals surface area contributed by atoms with Gasteiger partial charge in [-0.25, -0.2) is 0 Å². The largest absolute Gasteiger partial charge is 0.372 e. The number of hydrogen-bond acceptors (Lipinski definition) is 3. The third-order valence-corrected chi connectivity index (χ3v) is 4.24. The van der Waals surface area contributed by atoms with Crippen molar-refractivity contribution >= 4 is 28.9 Å². The molecular formula is C21H19N3O2S. The maximum atomic E-state index is 12.9. The van der Waals surface area contributed by atoms with Crippen LogP contribution in [0.25, 0.3) is 0 Å². The Balaban J connectivity index is 1.77. The average molecular weight is 377 g/mol. The van der Waals surface area contributed by atoms with E-state index in [0.29, 0.717) is 11.1 Å². The minimum Gasteiger partial charge on any atom is -0.372 e. The van der Waals surface area contributed by atoms with Gasteiger partial charge in [0.15, 0.2) is 10.7 Å². The van der Waals surface area contributed by atoms with E-state index in [9.17, 15) is 9.90 Å². The Morgan fingerprint density at radius 3 is 1.67 bits per heavy atom. The molecule has 0 saturated heterocycles. The van der Waals surface area contributed by atoms with E-state index < -0.39 is 11.5 Å². The zero-order valence-corrected chi connectivity index (χ0v) is 15.2. The lowest BCUT2D eigenvalue weighted by Crippen LogP contribution is -2.53. The number of thiocarbonyl (C=S) groups is 1. The van der Waals surface area contributed by atoms with E-state index >= 15 is 0 Å². The molecule has 5 nitrogen and oxygen atoms in total. The molecule has 27 heavy (non-hydrogen) atoms. The highest BCUT2D eigenvalue weighted by Gasteiger charge is 2.40. The molecule has 0 saturated carbocycles. The van der Waals surface area contributed by atoms with Crippen molar-refractivity contribution in [3.8, 4) is 0 Å². The highest BCUT2D eigenvalue weighted by atomic mass is 32.1. The first-order valence-electron chi connectivity index (χ1n) is 8.36. The SMILES string of the molecule is O=C(NNC(=S)Nc1ccccc1)C(O)(c1ccccc1)c1ccccc1. The zero-order valence-electron chi connectivity index (χ0n) is 14.4. The number of anilines is 1. The summed E-state index contributed by atoms with van der Waals surface area (Å²) in [5.41, 5.74) is 4.97. The smallest absolute Gasteiger partial charge is 0.279 e. The van der Waals surface area contributed by atoms with E-state index in [-0.39, 0.29) is 5.11 Å². The molecule has 0 fully saturated rings. The van der Waals surface area contributed by atoms with Crippen LogP contribution < -0.4 is 16.2 Å². The van der Waals surface area contributed by atoms with Crippen LogP contribution in [0.3, 0.4) is 0 Å². The summed E-state index contributed by atoms with van der Waals surface area (Å²) in [5, 5.41) is 14.5. The maximum absolute atomic E-state index is 12.9. The van der Waals surface area contributed by atoms with Crippen LogP contribution in [-0.2, 0) is 10.4 Å². The second-order valence-corrected chi connectivity index (χ2v) is 6.25. The standard InChI is InChI=1S/C21H19N3O2S/c25-19(23-24-20(27)22-18-14-8-3-9-15-18)21(26,16-10-4-1-5-11-16)17-12-6-2-7-13-17/h1-15,26H,(H,23,25)(H2,22,24,27). The highest BCUT2D eigenvalue weighted by Crippen LogP contribution is 2.29. The summed E-state index contributed by atoms with van der Waals surface area (Å²) in [6, 6.07) is 26.9. The van der Waals surface area contributed by atoms with Gasteiger partial charge in [-0.2, -0.15) is 0 Å². The van der Waals surface area contributed by atoms with Crippen LogP contribution in [0, 0.1) is 0 Å². The average Bonchev–Trinajstić information content (AvgIpc) is 2.73. The third-order valence-electron chi connectivity index (χ3n) is 4.03. The van der Waals surface area contributed by atoms with Gasteiger partial charge in [-0.15, -0.1) is 0 Å². The molecule has 0 aromatic heterocycles. The number of para-hydroxylation sites is 1. The van der Waals surface area contributed by atoms with Gasteiger partial charge >= 0.3 is 0 Å². The molecule has 0 radical (unpaired) electrons. The van der Waals surface area contributed by atoms with Crippen LogP contribution in [-0.4, -0.2) is 16.1 Å². The number of hydrogen-bond donors (Lipinski definition) is 4. The van der Waals surface area contributed by atoms with Gasteiger partial charge in [-0.05, 0) is 35.5 Å². The van der Waals surface area contributed by atoms with E-state index in [1.807, 2.05) is 42.5 Å². The van der Waals surface area contributed by atoms with Crippen molar-refractivity contribution in [3.63, 3.8) is 0 Å². The summed E-state index contributed by atoms with van der Waals surface area (Å²) in [6.07, 6.45) is 0. The van der Waals surface area contributed by atoms with Crippen molar-refractivity contribution < 1.29 is 9.90 Å². The molecule has 3 aromatic rings. The Bertz CT molecular complexity index is 863. The fraction of sp³-hybridized carbons (Fsp3) is 0.0476. The first-order chi connectivity index (χ1) is 13.1. The monoisotopic (exact) mass is 377 g/mol. The predicted molar refractivity (Wildman–Crippen MR) is 110 cm³/mol. The van der Waals surface area contributed by atoms with E-state index in [0.717, 1.165) is 5.69 Å². The van der Waals surface area contributed by atoms with E-state index in [1.54, 1.807) is 48.5 Å². The molecule has 0 unspecified atom stereocenters. The van der Waals surface area contributed by atoms with Gasteiger partial charge in [0.2, 0.25) is 0 Å². The first-order valence-corrected chi connectivity index (χ1v) is 8.77. The van der Waals surface area contributed by atoms with Crippen molar-refractivity contribution in [2.45, 2.75) is 5.60 Å². The molecule has 3 aromatic carbocycles. The Morgan fingerprint density at radius 2 is 1.19 bits per heavy atom. The molecule has 0 aliphatic heterocycles. The normalized spacial score (nSPS) is 10.7. The van der Waals surface area contributed by atoms with E-state index in [4.69, 9.17) is 12.2 Å². The topological polar surface area (TPSA) is 73.4 Å². The number of carbonyl (C=O) groups excluding carboxylic acids is 1. The summed E-state index contributed by atoms with van der Waals surface area (Å²) >= 11 is 5.19. The van der Waals surface area contributed by atoms with Crippen LogP contribution in [0.2, 0.25) is 0 Å². The molecule has 0 heterocycles. The van der Waals surface area contributed by atoms with Gasteiger partial charge in [0.25, 0.3) is 5.91 Å². The van der Waals surface area contributed by atoms with Crippen LogP contribution >= 0.6 is 12.2 Å². The van der Waals surface area contributed by atoms with Gasteiger partial charge in [-0.1, -0.05) is 78.9 Å². The van der Waals surface area contributed by atoms with Crippen molar-refractivity contribution in [1.29, 1.82) is 0 Å². The third kappa shape index (κ3) is 4.31. The lowest BCUT2D eigenvalue weighted by Gasteiger charge is -2.28. The summed E-state index contributed by atoms with van der Waals surface area (Å²) in [6.45, 7) is 0. The van der Waals surface area contributed by atoms with Crippen LogP contribution in [0.5, 0.6) is 0 Å². The van der Waals surface area contributed by atoms with Crippen LogP contribution in [0.1, 0.15) is 11.1 Å². The minimum absolute atomic E-state index is 0.207. The van der Waals surface area contributed by atoms with Gasteiger partial charge in [-0.3, -0.25) is 15.6 Å². The van der Waals surface area contributed by atoms with Crippen LogP contribution in [0.15, 0.2) is 91.0 Å². The summed E-state index contributed by atoms with van der Waals surface area (Å²) < 4.78 is 0. The lowest BCUT2D eigenvalue weighted by atomic mass is 9.85. The molecular weight excluding hydrogens is 358 g/mol. The lowest BCUT2D eigenvalue weighted by molar-refractivity contribution is -0.137. The number of nitrogens with one attached hydrogen (secondary N) is 3. The summed E-state index contributed by atoms with van der Waals surface area (Å²) in [5.74, 6) is -0.642. The molecule has 0 bridgehead atoms. The molecule has 0 atom stereocenters. The zero-order chi connectivity index (χ0) is 19.1. The number of amides is 1. The minimum atomic E-state index is -1.86. The number of aliphatic hydroxyl groups is 1. The quantitative estimate of drug-likeness (QED) is 0.416. The molecule has 136 valence electrons. The van der Waals surface area contributed by atoms with E-state index in [2.05, 4.69) is 16.2 Å². The first kappa shape index (κ1) is 18.6. The Hall–Kier alpha value is -3.22. The van der Waals surface area contributed by atoms with Crippen molar-refractivity contribution in [2.75, 3.05) is 5.32 Å². The molecule has 0 spiro atoms. The number of carbonyl (C=O) groups is 1. The van der Waals surface area contributed by atoms with E-state index in [1.165, 1.54) is 0 Å². The fourth-order valence-corrected chi connectivity index (χ4v) is 2.84. The number of hydrazine groups is 1. The van der Waals surface area contributed by atoms with Crippen molar-refractivity contribution in [1.82, 2.24) is 10.9 Å². The molecule has 0 aliphatic rings. The number of rotatable bonds is 4. The Labute approximate surface area is 163 Å². The summed E-state index contributed by atoms with van der Waals surface area (Å²) in [7, 11) is 0. The van der Waals surface area contributed by atoms with Gasteiger partial charge in [0, 0.05) is 5.69 Å². The Kier molecular flexibility index (Phi) is 5.80. The Morgan fingerprint density at radius 1 is 0.741 bits per heavy atom. The van der Waals surface area contributed by atoms with Gasteiger partial charge in [0.1, 0.15) is 0 Å². The number of benzene rings is 3. The molecule has 4 N–H and O–H groups in total. The molecule has 6 heteroatoms. The maximum Gasteiger partial charge on any atom is 0.279 e. The van der Waals surface area contributed by atoms with Crippen molar-refractivity contribution in [3.05, 3.63) is 102 Å². The predicted octanol–water partition coefficient (Wildman–Crippen LogP) is 2.94. The summed E-state index contributed by atoms with van der Waals surface area (Å²) in [4.78, 5) is 12.9. The second-order valence-electron chi connectivity index (χ2n) is 5.84. The second kappa shape index (κ2) is 8.44.